The molecule has 0 bridgehead atoms. The number of azo groups is 2. The Morgan fingerprint density at radius 2 is 1.18 bits per heavy atom. The van der Waals surface area contributed by atoms with Crippen molar-refractivity contribution in [3.63, 3.8) is 0 Å². The maximum Gasteiger partial charge on any atom is 1.00 e. The van der Waals surface area contributed by atoms with Gasteiger partial charge in [0, 0.05) is 47.3 Å². The van der Waals surface area contributed by atoms with Crippen LogP contribution < -0.4 is 128 Å². The second kappa shape index (κ2) is 31.5. The molecule has 4 aromatic rings. The van der Waals surface area contributed by atoms with Crippen LogP contribution in [0.25, 0.3) is 10.8 Å². The summed E-state index contributed by atoms with van der Waals surface area (Å²) < 4.78 is 181. The van der Waals surface area contributed by atoms with Crippen LogP contribution in [0.1, 0.15) is 0 Å². The van der Waals surface area contributed by atoms with E-state index in [9.17, 15) is 40.0 Å². The molecule has 0 spiro atoms. The Labute approximate surface area is 473 Å². The van der Waals surface area contributed by atoms with Gasteiger partial charge in [-0.15, -0.1) is 17.7 Å². The van der Waals surface area contributed by atoms with Gasteiger partial charge in [0.1, 0.15) is 37.9 Å². The van der Waals surface area contributed by atoms with E-state index in [1.165, 1.54) is 25.3 Å². The molecule has 0 aliphatic carbocycles. The van der Waals surface area contributed by atoms with E-state index in [0.717, 1.165) is 24.3 Å². The molecule has 0 saturated carbocycles. The van der Waals surface area contributed by atoms with Crippen molar-refractivity contribution in [2.45, 2.75) is 14.7 Å². The second-order valence-corrected chi connectivity index (χ2v) is 18.0. The molecule has 26 nitrogen and oxygen atoms in total. The molecule has 0 aliphatic heterocycles. The maximum atomic E-state index is 12.4. The smallest absolute Gasteiger partial charge is 0.744 e. The van der Waals surface area contributed by atoms with Crippen molar-refractivity contribution >= 4 is 100 Å². The minimum Gasteiger partial charge on any atom is -0.744 e. The van der Waals surface area contributed by atoms with Crippen molar-refractivity contribution in [3.05, 3.63) is 68.4 Å². The molecule has 4 aromatic carbocycles. The first-order chi connectivity index (χ1) is 27.3. The number of hydrogen-bond acceptors (Lipinski definition) is 24. The van der Waals surface area contributed by atoms with Crippen LogP contribution in [0.4, 0.5) is 28.4 Å². The fourth-order valence-electron chi connectivity index (χ4n) is 4.11. The van der Waals surface area contributed by atoms with Crippen LogP contribution in [0.2, 0.25) is 0 Å². The number of nitrogens with zero attached hydrogens (tertiary/aromatic N) is 4. The maximum absolute atomic E-state index is 12.4. The van der Waals surface area contributed by atoms with Crippen molar-refractivity contribution in [1.29, 1.82) is 0 Å². The number of methoxy groups -OCH3 is 1. The largest absolute Gasteiger partial charge is 1.00 e. The Morgan fingerprint density at radius 1 is 0.708 bits per heavy atom. The molecule has 0 fully saturated rings. The predicted molar refractivity (Wildman–Crippen MR) is 201 cm³/mol. The molecule has 1 radical (unpaired) electrons. The number of phenolic OH excluding ortho intramolecular Hbond substituents is 2. The number of sulfone groups is 2. The summed E-state index contributed by atoms with van der Waals surface area (Å²) in [5, 5.41) is 40.4. The number of rotatable bonds is 11. The van der Waals surface area contributed by atoms with E-state index in [-0.39, 0.29) is 174 Å². The summed E-state index contributed by atoms with van der Waals surface area (Å²) in [5.74, 6) is -2.08. The van der Waals surface area contributed by atoms with E-state index in [0.29, 0.717) is 11.8 Å². The van der Waals surface area contributed by atoms with Crippen molar-refractivity contribution in [3.8, 4) is 17.2 Å². The molecule has 65 heavy (non-hydrogen) atoms. The van der Waals surface area contributed by atoms with Gasteiger partial charge in [-0.05, 0) is 30.3 Å². The molecule has 343 valence electrons. The van der Waals surface area contributed by atoms with Crippen LogP contribution >= 0.6 is 0 Å². The van der Waals surface area contributed by atoms with Gasteiger partial charge in [0.05, 0.1) is 22.6 Å². The van der Waals surface area contributed by atoms with E-state index in [2.05, 4.69) is 45.7 Å². The van der Waals surface area contributed by atoms with Gasteiger partial charge in [0.15, 0.2) is 19.7 Å². The quantitative estimate of drug-likeness (QED) is 0.0306. The third kappa shape index (κ3) is 25.6. The zero-order valence-electron chi connectivity index (χ0n) is 34.2. The molecular formula is C28H27CuN5Na4O21S6-2. The standard InChI is InChI=1S/C28H26N5O10S3.Cu.4Na.2H2O4S.O3S/c1-5-44(36,37)16-7-10-19(25(13-16)46(40,41)42)30-33-27-17-8-12-21(28(35)18(17)9-11-20(27)29-3)31-32-22-14-26(45(38,39)6-2)24(43-4)15-23(22)34;;;;;;2*1-5(2,3)4;1-4(2)3/h7-11,13-15,29,34-35H,1-2,5-6H2,3-4H3,(H,40,41,42);;;;;;2*(H2,1,2,3,4);/q-3;;4*+1;;;/p-3. The van der Waals surface area contributed by atoms with Crippen LogP contribution in [0.5, 0.6) is 17.2 Å². The van der Waals surface area contributed by atoms with Gasteiger partial charge in [-0.2, -0.15) is 27.5 Å². The van der Waals surface area contributed by atoms with Crippen LogP contribution in [0, 0.1) is 19.9 Å². The van der Waals surface area contributed by atoms with Crippen LogP contribution in [-0.2, 0) is 78.3 Å². The van der Waals surface area contributed by atoms with Crippen molar-refractivity contribution < 1.29 is 228 Å². The number of phenols is 2. The summed E-state index contributed by atoms with van der Waals surface area (Å²) in [6, 6.07) is 12.0. The Kier molecular flexibility index (Phi) is 35.4. The van der Waals surface area contributed by atoms with Crippen LogP contribution in [0.15, 0.2) is 83.7 Å². The zero-order chi connectivity index (χ0) is 46.6. The molecular weight excluding hydrogens is 1090 g/mol. The molecule has 0 heterocycles. The summed E-state index contributed by atoms with van der Waals surface area (Å²) in [5.41, 5.74) is -0.446. The van der Waals surface area contributed by atoms with Gasteiger partial charge < -0.3 is 47.8 Å². The van der Waals surface area contributed by atoms with E-state index >= 15 is 0 Å². The monoisotopic (exact) mass is 1120 g/mol. The van der Waals surface area contributed by atoms with Gasteiger partial charge in [-0.1, -0.05) is 28.3 Å². The first-order valence-electron chi connectivity index (χ1n) is 14.7. The molecule has 0 unspecified atom stereocenters. The number of aromatic hydroxyl groups is 2. The third-order valence-electron chi connectivity index (χ3n) is 6.53. The average Bonchev–Trinajstić information content (AvgIpc) is 3.11. The Morgan fingerprint density at radius 3 is 1.62 bits per heavy atom. The summed E-state index contributed by atoms with van der Waals surface area (Å²) in [6.07, 6.45) is 0. The molecule has 0 amide bonds. The van der Waals surface area contributed by atoms with E-state index in [4.69, 9.17) is 52.4 Å². The summed E-state index contributed by atoms with van der Waals surface area (Å²) in [4.78, 5) is -1.62. The SMILES string of the molecule is O=S(=O)([O-])O.O=S(=O)([O-])O.O=S(=O)=O.[CH2-]CS(=O)(=O)c1ccc(N=Nc2c(NC)ccc3c(O)c(N=Nc4cc(S(=O)(=O)C[CH2-])c(OC)cc4O)[c-]cc23)c(S(=O)(=O)[O-])c1.[Cu].[Na+].[Na+].[Na+].[Na+]. The molecule has 0 saturated heterocycles. The van der Waals surface area contributed by atoms with E-state index < -0.39 is 99.7 Å². The topological polar surface area (TPSA) is 443 Å². The van der Waals surface area contributed by atoms with Gasteiger partial charge >= 0.3 is 129 Å². The molecule has 5 N–H and O–H groups in total. The molecule has 0 aromatic heterocycles. The molecule has 0 aliphatic rings. The Balaban J connectivity index is -0.000000552. The zero-order valence-corrected chi connectivity index (χ0v) is 48.1. The summed E-state index contributed by atoms with van der Waals surface area (Å²) in [6.45, 7) is 6.69. The first-order valence-corrected chi connectivity index (χ1v) is 23.1. The van der Waals surface area contributed by atoms with Gasteiger partial charge in [-0.25, -0.2) is 42.1 Å². The normalized spacial score (nSPS) is 11.2. The first kappa shape index (κ1) is 73.2. The second-order valence-electron chi connectivity index (χ2n) is 10.3. The Bertz CT molecular complexity index is 2950. The number of ether oxygens (including phenoxy) is 1. The van der Waals surface area contributed by atoms with Gasteiger partial charge in [-0.3, -0.25) is 9.11 Å². The van der Waals surface area contributed by atoms with Gasteiger partial charge in [0.2, 0.25) is 20.8 Å². The molecule has 37 heteroatoms. The fourth-order valence-corrected chi connectivity index (χ4v) is 6.59. The number of benzene rings is 4. The molecule has 4 rings (SSSR count). The fraction of sp³-hybridized carbons (Fsp3) is 0.143. The minimum absolute atomic E-state index is 0. The van der Waals surface area contributed by atoms with Crippen molar-refractivity contribution in [2.24, 2.45) is 20.5 Å². The minimum atomic E-state index is -5.18. The van der Waals surface area contributed by atoms with E-state index in [1.807, 2.05) is 0 Å². The molecule has 0 atom stereocenters. The van der Waals surface area contributed by atoms with Crippen molar-refractivity contribution in [1.82, 2.24) is 0 Å². The predicted octanol–water partition coefficient (Wildman–Crippen LogP) is -9.93. The number of fused-ring (bicyclic) bond motifs is 1. The number of anilines is 1. The van der Waals surface area contributed by atoms with Crippen LogP contribution in [-0.4, -0.2) is 113 Å². The van der Waals surface area contributed by atoms with Crippen LogP contribution in [0.3, 0.4) is 0 Å². The number of hydrogen-bond donors (Lipinski definition) is 5. The van der Waals surface area contributed by atoms with Crippen molar-refractivity contribution in [2.75, 3.05) is 31.0 Å². The third-order valence-corrected chi connectivity index (χ3v) is 10.4. The van der Waals surface area contributed by atoms with Gasteiger partial charge in [0.25, 0.3) is 0 Å². The average molecular weight is 1120 g/mol. The Hall–Kier alpha value is -0.771. The summed E-state index contributed by atoms with van der Waals surface area (Å²) >= 11 is 0. The van der Waals surface area contributed by atoms with E-state index in [1.54, 1.807) is 7.05 Å². The number of nitrogens with one attached hydrogen (secondary N) is 1. The summed E-state index contributed by atoms with van der Waals surface area (Å²) in [7, 11) is -23.2.